The summed E-state index contributed by atoms with van der Waals surface area (Å²) in [5.41, 5.74) is 2.15. The van der Waals surface area contributed by atoms with Crippen molar-refractivity contribution in [2.24, 2.45) is 0 Å². The first-order chi connectivity index (χ1) is 13.2. The maximum Gasteiger partial charge on any atom is 0.119 e. The van der Waals surface area contributed by atoms with Gasteiger partial charge in [-0.3, -0.25) is 0 Å². The molecule has 2 N–H and O–H groups in total. The van der Waals surface area contributed by atoms with Gasteiger partial charge in [-0.05, 0) is 47.9 Å². The highest BCUT2D eigenvalue weighted by Crippen LogP contribution is 2.36. The number of hydrogen-bond donors (Lipinski definition) is 2. The number of benzene rings is 2. The summed E-state index contributed by atoms with van der Waals surface area (Å²) in [6, 6.07) is 15.5. The average Bonchev–Trinajstić information content (AvgIpc) is 2.68. The normalized spacial score (nSPS) is 13.4. The standard InChI is InChI=1S/C24H34O2S/c1-3-5-11-19(21-13-7-9-15-23(21)25)17-27-18-20(12-6-4-2)22-14-8-10-16-24(22)26/h7-10,13-16,19-20,25-26H,3-6,11-12,17-18H2,1-2H3. The van der Waals surface area contributed by atoms with E-state index < -0.39 is 0 Å². The number of aromatic hydroxyl groups is 2. The van der Waals surface area contributed by atoms with Crippen molar-refractivity contribution >= 4 is 11.8 Å². The summed E-state index contributed by atoms with van der Waals surface area (Å²) in [5, 5.41) is 20.6. The lowest BCUT2D eigenvalue weighted by Crippen LogP contribution is -2.07. The second-order valence-electron chi connectivity index (χ2n) is 7.33. The summed E-state index contributed by atoms with van der Waals surface area (Å²) in [5.74, 6) is 3.62. The SMILES string of the molecule is CCCCC(CSCC(CCCC)c1ccccc1O)c1ccccc1O. The Morgan fingerprint density at radius 2 is 1.11 bits per heavy atom. The van der Waals surface area contributed by atoms with Gasteiger partial charge in [0.25, 0.3) is 0 Å². The highest BCUT2D eigenvalue weighted by atomic mass is 32.2. The molecule has 2 unspecified atom stereocenters. The van der Waals surface area contributed by atoms with E-state index in [2.05, 4.69) is 26.0 Å². The Kier molecular flexibility index (Phi) is 9.61. The molecule has 2 rings (SSSR count). The molecule has 0 amide bonds. The smallest absolute Gasteiger partial charge is 0.119 e. The lowest BCUT2D eigenvalue weighted by molar-refractivity contribution is 0.459. The molecule has 27 heavy (non-hydrogen) atoms. The van der Waals surface area contributed by atoms with E-state index in [0.29, 0.717) is 23.3 Å². The van der Waals surface area contributed by atoms with Crippen LogP contribution >= 0.6 is 11.8 Å². The summed E-state index contributed by atoms with van der Waals surface area (Å²) in [6.45, 7) is 4.43. The topological polar surface area (TPSA) is 40.5 Å². The second kappa shape index (κ2) is 12.0. The van der Waals surface area contributed by atoms with Crippen LogP contribution in [0.15, 0.2) is 48.5 Å². The first-order valence-electron chi connectivity index (χ1n) is 10.3. The summed E-state index contributed by atoms with van der Waals surface area (Å²) >= 11 is 1.96. The van der Waals surface area contributed by atoms with Crippen molar-refractivity contribution in [2.45, 2.75) is 64.2 Å². The molecule has 148 valence electrons. The van der Waals surface area contributed by atoms with Gasteiger partial charge in [0.2, 0.25) is 0 Å². The lowest BCUT2D eigenvalue weighted by Gasteiger charge is -2.21. The predicted octanol–water partition coefficient (Wildman–Crippen LogP) is 7.08. The van der Waals surface area contributed by atoms with Gasteiger partial charge in [0.1, 0.15) is 11.5 Å². The zero-order chi connectivity index (χ0) is 19.5. The molecule has 2 aromatic rings. The first kappa shape index (κ1) is 21.7. The number of unbranched alkanes of at least 4 members (excludes halogenated alkanes) is 2. The Bertz CT molecular complexity index is 613. The van der Waals surface area contributed by atoms with Crippen LogP contribution in [0.1, 0.15) is 75.3 Å². The largest absolute Gasteiger partial charge is 0.508 e. The number of hydrogen-bond acceptors (Lipinski definition) is 3. The number of phenolic OH excluding ortho intramolecular Hbond substituents is 2. The van der Waals surface area contributed by atoms with E-state index in [4.69, 9.17) is 0 Å². The summed E-state index contributed by atoms with van der Waals surface area (Å²) in [7, 11) is 0. The molecule has 3 heteroatoms. The molecule has 2 aromatic carbocycles. The fourth-order valence-electron chi connectivity index (χ4n) is 3.58. The van der Waals surface area contributed by atoms with Crippen molar-refractivity contribution in [1.82, 2.24) is 0 Å². The molecular weight excluding hydrogens is 352 g/mol. The van der Waals surface area contributed by atoms with Crippen LogP contribution in [0.4, 0.5) is 0 Å². The second-order valence-corrected chi connectivity index (χ2v) is 8.41. The summed E-state index contributed by atoms with van der Waals surface area (Å²) in [6.07, 6.45) is 6.92. The minimum absolute atomic E-state index is 0.382. The van der Waals surface area contributed by atoms with Gasteiger partial charge >= 0.3 is 0 Å². The van der Waals surface area contributed by atoms with E-state index >= 15 is 0 Å². The number of para-hydroxylation sites is 2. The molecule has 0 aliphatic rings. The zero-order valence-electron chi connectivity index (χ0n) is 16.7. The number of phenols is 2. The fraction of sp³-hybridized carbons (Fsp3) is 0.500. The number of thioether (sulfide) groups is 1. The van der Waals surface area contributed by atoms with Crippen molar-refractivity contribution in [3.63, 3.8) is 0 Å². The van der Waals surface area contributed by atoms with E-state index in [0.717, 1.165) is 35.5 Å². The quantitative estimate of drug-likeness (QED) is 0.409. The highest BCUT2D eigenvalue weighted by molar-refractivity contribution is 7.99. The molecule has 0 radical (unpaired) electrons. The van der Waals surface area contributed by atoms with Gasteiger partial charge in [0.15, 0.2) is 0 Å². The molecule has 0 saturated carbocycles. The molecule has 0 fully saturated rings. The molecule has 0 aliphatic heterocycles. The summed E-state index contributed by atoms with van der Waals surface area (Å²) < 4.78 is 0. The van der Waals surface area contributed by atoms with Crippen LogP contribution in [0.3, 0.4) is 0 Å². The Hall–Kier alpha value is -1.61. The molecule has 2 nitrogen and oxygen atoms in total. The molecule has 0 spiro atoms. The van der Waals surface area contributed by atoms with Gasteiger partial charge in [-0.1, -0.05) is 75.9 Å². The van der Waals surface area contributed by atoms with Gasteiger partial charge in [-0.25, -0.2) is 0 Å². The van der Waals surface area contributed by atoms with Crippen molar-refractivity contribution in [3.8, 4) is 11.5 Å². The summed E-state index contributed by atoms with van der Waals surface area (Å²) in [4.78, 5) is 0. The number of rotatable bonds is 12. The zero-order valence-corrected chi connectivity index (χ0v) is 17.5. The van der Waals surface area contributed by atoms with Gasteiger partial charge in [0, 0.05) is 11.5 Å². The maximum atomic E-state index is 10.3. The third-order valence-electron chi connectivity index (χ3n) is 5.20. The lowest BCUT2D eigenvalue weighted by atomic mass is 9.94. The van der Waals surface area contributed by atoms with E-state index in [9.17, 15) is 10.2 Å². The minimum atomic E-state index is 0.382. The maximum absolute atomic E-state index is 10.3. The van der Waals surface area contributed by atoms with Crippen molar-refractivity contribution in [2.75, 3.05) is 11.5 Å². The molecule has 0 heterocycles. The van der Waals surface area contributed by atoms with Gasteiger partial charge < -0.3 is 10.2 Å². The Balaban J connectivity index is 2.03. The predicted molar refractivity (Wildman–Crippen MR) is 118 cm³/mol. The van der Waals surface area contributed by atoms with Crippen LogP contribution in [0, 0.1) is 0 Å². The van der Waals surface area contributed by atoms with Crippen LogP contribution in [-0.4, -0.2) is 21.7 Å². The molecule has 0 aliphatic carbocycles. The van der Waals surface area contributed by atoms with Crippen LogP contribution < -0.4 is 0 Å². The Morgan fingerprint density at radius 3 is 1.48 bits per heavy atom. The van der Waals surface area contributed by atoms with Crippen molar-refractivity contribution in [1.29, 1.82) is 0 Å². The fourth-order valence-corrected chi connectivity index (χ4v) is 4.97. The van der Waals surface area contributed by atoms with Gasteiger partial charge in [-0.15, -0.1) is 0 Å². The first-order valence-corrected chi connectivity index (χ1v) is 11.5. The third-order valence-corrected chi connectivity index (χ3v) is 6.48. The van der Waals surface area contributed by atoms with Crippen LogP contribution in [0.5, 0.6) is 11.5 Å². The third kappa shape index (κ3) is 6.80. The van der Waals surface area contributed by atoms with Gasteiger partial charge in [0.05, 0.1) is 0 Å². The molecular formula is C24H34O2S. The highest BCUT2D eigenvalue weighted by Gasteiger charge is 2.18. The molecule has 0 aromatic heterocycles. The van der Waals surface area contributed by atoms with Crippen LogP contribution in [0.2, 0.25) is 0 Å². The van der Waals surface area contributed by atoms with Crippen LogP contribution in [-0.2, 0) is 0 Å². The minimum Gasteiger partial charge on any atom is -0.508 e. The molecule has 0 saturated heterocycles. The Morgan fingerprint density at radius 1 is 0.704 bits per heavy atom. The van der Waals surface area contributed by atoms with Crippen LogP contribution in [0.25, 0.3) is 0 Å². The van der Waals surface area contributed by atoms with E-state index in [1.54, 1.807) is 12.1 Å². The average molecular weight is 387 g/mol. The van der Waals surface area contributed by atoms with E-state index in [-0.39, 0.29) is 0 Å². The Labute approximate surface area is 169 Å². The monoisotopic (exact) mass is 386 g/mol. The van der Waals surface area contributed by atoms with Gasteiger partial charge in [-0.2, -0.15) is 11.8 Å². The molecule has 2 atom stereocenters. The molecule has 0 bridgehead atoms. The van der Waals surface area contributed by atoms with Crippen molar-refractivity contribution < 1.29 is 10.2 Å². The van der Waals surface area contributed by atoms with E-state index in [1.807, 2.05) is 36.0 Å². The van der Waals surface area contributed by atoms with E-state index in [1.165, 1.54) is 25.7 Å². The van der Waals surface area contributed by atoms with Crippen molar-refractivity contribution in [3.05, 3.63) is 59.7 Å².